The lowest BCUT2D eigenvalue weighted by Gasteiger charge is -2.14. The zero-order valence-corrected chi connectivity index (χ0v) is 12.1. The Morgan fingerprint density at radius 2 is 1.89 bits per heavy atom. The van der Waals surface area contributed by atoms with Crippen molar-refractivity contribution in [2.24, 2.45) is 0 Å². The highest BCUT2D eigenvalue weighted by Gasteiger charge is 2.20. The van der Waals surface area contributed by atoms with Crippen molar-refractivity contribution in [2.75, 3.05) is 14.2 Å². The van der Waals surface area contributed by atoms with E-state index in [4.69, 9.17) is 9.47 Å². The highest BCUT2D eigenvalue weighted by Crippen LogP contribution is 2.41. The maximum Gasteiger partial charge on any atom is 0.168 e. The average Bonchev–Trinajstić information content (AvgIpc) is 2.79. The smallest absolute Gasteiger partial charge is 0.168 e. The molecular formula is C15H20N2O2. The third kappa shape index (κ3) is 2.30. The number of methoxy groups -OCH3 is 2. The number of benzene rings is 1. The first-order valence-corrected chi connectivity index (χ1v) is 6.36. The first-order chi connectivity index (χ1) is 9.10. The van der Waals surface area contributed by atoms with Crippen molar-refractivity contribution in [2.45, 2.75) is 26.7 Å². The molecule has 0 saturated heterocycles. The molecule has 0 fully saturated rings. The van der Waals surface area contributed by atoms with Crippen molar-refractivity contribution < 1.29 is 9.47 Å². The molecular weight excluding hydrogens is 240 g/mol. The van der Waals surface area contributed by atoms with Crippen LogP contribution in [0.4, 0.5) is 0 Å². The van der Waals surface area contributed by atoms with E-state index in [1.807, 2.05) is 25.1 Å². The maximum atomic E-state index is 5.51. The van der Waals surface area contributed by atoms with Crippen LogP contribution in [0.5, 0.6) is 11.5 Å². The van der Waals surface area contributed by atoms with Gasteiger partial charge in [0.05, 0.1) is 19.9 Å². The predicted molar refractivity (Wildman–Crippen MR) is 76.0 cm³/mol. The van der Waals surface area contributed by atoms with Gasteiger partial charge < -0.3 is 9.47 Å². The van der Waals surface area contributed by atoms with E-state index in [-0.39, 0.29) is 0 Å². The second-order valence-electron chi connectivity index (χ2n) is 4.80. The van der Waals surface area contributed by atoms with Gasteiger partial charge in [-0.25, -0.2) is 0 Å². The highest BCUT2D eigenvalue weighted by molar-refractivity contribution is 5.77. The molecule has 0 spiro atoms. The standard InChI is InChI=1S/C15H20N2O2/c1-9(2)14-13(10(3)16-17-14)11-7-6-8-12(18-4)15(11)19-5/h6-9H,1-5H3,(H,16,17). The summed E-state index contributed by atoms with van der Waals surface area (Å²) in [5.74, 6) is 1.82. The van der Waals surface area contributed by atoms with Gasteiger partial charge in [0, 0.05) is 16.8 Å². The molecule has 19 heavy (non-hydrogen) atoms. The second kappa shape index (κ2) is 5.34. The zero-order chi connectivity index (χ0) is 14.0. The molecule has 1 N–H and O–H groups in total. The molecule has 0 saturated carbocycles. The van der Waals surface area contributed by atoms with Crippen molar-refractivity contribution in [1.82, 2.24) is 10.2 Å². The van der Waals surface area contributed by atoms with E-state index < -0.39 is 0 Å². The number of H-pyrrole nitrogens is 1. The summed E-state index contributed by atoms with van der Waals surface area (Å²) in [4.78, 5) is 0. The predicted octanol–water partition coefficient (Wildman–Crippen LogP) is 3.53. The molecule has 0 aliphatic rings. The molecule has 2 aromatic rings. The Morgan fingerprint density at radius 1 is 1.16 bits per heavy atom. The van der Waals surface area contributed by atoms with Gasteiger partial charge in [0.15, 0.2) is 11.5 Å². The zero-order valence-electron chi connectivity index (χ0n) is 12.1. The SMILES string of the molecule is COc1cccc(-c2c(C(C)C)n[nH]c2C)c1OC. The summed E-state index contributed by atoms with van der Waals surface area (Å²) in [7, 11) is 3.30. The molecule has 4 heteroatoms. The summed E-state index contributed by atoms with van der Waals surface area (Å²) >= 11 is 0. The van der Waals surface area contributed by atoms with Crippen LogP contribution >= 0.6 is 0 Å². The lowest BCUT2D eigenvalue weighted by atomic mass is 9.96. The molecule has 1 aromatic carbocycles. The second-order valence-corrected chi connectivity index (χ2v) is 4.80. The van der Waals surface area contributed by atoms with E-state index in [1.165, 1.54) is 0 Å². The molecule has 0 amide bonds. The Kier molecular flexibility index (Phi) is 3.79. The summed E-state index contributed by atoms with van der Waals surface area (Å²) in [5, 5.41) is 7.46. The van der Waals surface area contributed by atoms with E-state index >= 15 is 0 Å². The molecule has 0 bridgehead atoms. The Morgan fingerprint density at radius 3 is 2.47 bits per heavy atom. The number of nitrogens with one attached hydrogen (secondary N) is 1. The number of ether oxygens (including phenoxy) is 2. The van der Waals surface area contributed by atoms with Crippen molar-refractivity contribution in [3.05, 3.63) is 29.6 Å². The maximum absolute atomic E-state index is 5.51. The van der Waals surface area contributed by atoms with Crippen molar-refractivity contribution >= 4 is 0 Å². The lowest BCUT2D eigenvalue weighted by Crippen LogP contribution is -1.96. The van der Waals surface area contributed by atoms with Crippen LogP contribution in [0.3, 0.4) is 0 Å². The summed E-state index contributed by atoms with van der Waals surface area (Å²) in [6.45, 7) is 6.28. The number of rotatable bonds is 4. The number of hydrogen-bond donors (Lipinski definition) is 1. The number of aromatic amines is 1. The molecule has 1 heterocycles. The summed E-state index contributed by atoms with van der Waals surface area (Å²) < 4.78 is 10.9. The van der Waals surface area contributed by atoms with Crippen LogP contribution in [0, 0.1) is 6.92 Å². The van der Waals surface area contributed by atoms with Gasteiger partial charge in [0.2, 0.25) is 0 Å². The fourth-order valence-electron chi connectivity index (χ4n) is 2.29. The van der Waals surface area contributed by atoms with E-state index in [0.717, 1.165) is 34.0 Å². The molecule has 1 aromatic heterocycles. The minimum atomic E-state index is 0.343. The Balaban J connectivity index is 2.68. The number of aromatic nitrogens is 2. The van der Waals surface area contributed by atoms with E-state index in [2.05, 4.69) is 24.0 Å². The van der Waals surface area contributed by atoms with Gasteiger partial charge in [0.25, 0.3) is 0 Å². The Bertz CT molecular complexity index is 574. The van der Waals surface area contributed by atoms with Crippen molar-refractivity contribution in [3.63, 3.8) is 0 Å². The van der Waals surface area contributed by atoms with E-state index in [1.54, 1.807) is 14.2 Å². The van der Waals surface area contributed by atoms with Crippen LogP contribution in [0.25, 0.3) is 11.1 Å². The number of aryl methyl sites for hydroxylation is 1. The number of hydrogen-bond acceptors (Lipinski definition) is 3. The van der Waals surface area contributed by atoms with Gasteiger partial charge in [-0.3, -0.25) is 5.10 Å². The fraction of sp³-hybridized carbons (Fsp3) is 0.400. The number of nitrogens with zero attached hydrogens (tertiary/aromatic N) is 1. The largest absolute Gasteiger partial charge is 0.493 e. The highest BCUT2D eigenvalue weighted by atomic mass is 16.5. The molecule has 0 atom stereocenters. The molecule has 0 unspecified atom stereocenters. The minimum Gasteiger partial charge on any atom is -0.493 e. The average molecular weight is 260 g/mol. The first kappa shape index (κ1) is 13.5. The minimum absolute atomic E-state index is 0.343. The molecule has 2 rings (SSSR count). The molecule has 0 aliphatic carbocycles. The van der Waals surface area contributed by atoms with Gasteiger partial charge in [-0.1, -0.05) is 26.0 Å². The van der Waals surface area contributed by atoms with Gasteiger partial charge in [-0.15, -0.1) is 0 Å². The Labute approximate surface area is 113 Å². The van der Waals surface area contributed by atoms with Crippen LogP contribution in [-0.4, -0.2) is 24.4 Å². The van der Waals surface area contributed by atoms with Gasteiger partial charge in [0.1, 0.15) is 0 Å². The third-order valence-electron chi connectivity index (χ3n) is 3.19. The monoisotopic (exact) mass is 260 g/mol. The normalized spacial score (nSPS) is 10.8. The quantitative estimate of drug-likeness (QED) is 0.914. The molecule has 0 aliphatic heterocycles. The van der Waals surface area contributed by atoms with Crippen LogP contribution in [0.2, 0.25) is 0 Å². The number of para-hydroxylation sites is 1. The lowest BCUT2D eigenvalue weighted by molar-refractivity contribution is 0.356. The van der Waals surface area contributed by atoms with Gasteiger partial charge in [-0.05, 0) is 18.9 Å². The van der Waals surface area contributed by atoms with Crippen LogP contribution in [0.1, 0.15) is 31.2 Å². The van der Waals surface area contributed by atoms with Crippen molar-refractivity contribution in [1.29, 1.82) is 0 Å². The summed E-state index contributed by atoms with van der Waals surface area (Å²) in [6.07, 6.45) is 0. The summed E-state index contributed by atoms with van der Waals surface area (Å²) in [6, 6.07) is 5.89. The molecule has 0 radical (unpaired) electrons. The summed E-state index contributed by atoms with van der Waals surface area (Å²) in [5.41, 5.74) is 4.20. The van der Waals surface area contributed by atoms with Crippen LogP contribution < -0.4 is 9.47 Å². The Hall–Kier alpha value is -1.97. The molecule has 102 valence electrons. The van der Waals surface area contributed by atoms with Crippen molar-refractivity contribution in [3.8, 4) is 22.6 Å². The first-order valence-electron chi connectivity index (χ1n) is 6.36. The van der Waals surface area contributed by atoms with Crippen LogP contribution in [0.15, 0.2) is 18.2 Å². The van der Waals surface area contributed by atoms with Gasteiger partial charge in [-0.2, -0.15) is 5.10 Å². The van der Waals surface area contributed by atoms with E-state index in [0.29, 0.717) is 5.92 Å². The van der Waals surface area contributed by atoms with E-state index in [9.17, 15) is 0 Å². The van der Waals surface area contributed by atoms with Gasteiger partial charge >= 0.3 is 0 Å². The molecule has 4 nitrogen and oxygen atoms in total. The third-order valence-corrected chi connectivity index (χ3v) is 3.19. The fourth-order valence-corrected chi connectivity index (χ4v) is 2.29. The topological polar surface area (TPSA) is 47.1 Å². The van der Waals surface area contributed by atoms with Crippen LogP contribution in [-0.2, 0) is 0 Å².